The summed E-state index contributed by atoms with van der Waals surface area (Å²) in [6, 6.07) is 5.31. The van der Waals surface area contributed by atoms with Crippen LogP contribution in [0.25, 0.3) is 0 Å². The molecule has 27 heavy (non-hydrogen) atoms. The first-order valence-electron chi connectivity index (χ1n) is 9.53. The number of fused-ring (bicyclic) bond motifs is 1. The van der Waals surface area contributed by atoms with Crippen LogP contribution in [0.5, 0.6) is 0 Å². The third kappa shape index (κ3) is 4.26. The molecular weight excluding hydrogens is 344 g/mol. The van der Waals surface area contributed by atoms with Crippen LogP contribution in [0.1, 0.15) is 68.9 Å². The van der Waals surface area contributed by atoms with Gasteiger partial charge in [0.25, 0.3) is 0 Å². The van der Waals surface area contributed by atoms with Crippen molar-refractivity contribution in [1.29, 1.82) is 0 Å². The van der Waals surface area contributed by atoms with Crippen LogP contribution in [0.2, 0.25) is 0 Å². The molecule has 1 aliphatic rings. The number of carbonyl (C=O) groups excluding carboxylic acids is 2. The molecule has 2 rings (SSSR count). The molecule has 6 heteroatoms. The first kappa shape index (κ1) is 21.2. The largest absolute Gasteiger partial charge is 0.444 e. The zero-order valence-corrected chi connectivity index (χ0v) is 17.2. The van der Waals surface area contributed by atoms with Crippen LogP contribution in [0.3, 0.4) is 0 Å². The lowest BCUT2D eigenvalue weighted by Gasteiger charge is -2.48. The predicted molar refractivity (Wildman–Crippen MR) is 105 cm³/mol. The summed E-state index contributed by atoms with van der Waals surface area (Å²) in [5, 5.41) is 3.06. The molecule has 0 saturated carbocycles. The molecule has 0 saturated heterocycles. The van der Waals surface area contributed by atoms with Gasteiger partial charge in [0, 0.05) is 24.5 Å². The molecule has 0 bridgehead atoms. The summed E-state index contributed by atoms with van der Waals surface area (Å²) < 4.78 is 11.3. The predicted octanol–water partition coefficient (Wildman–Crippen LogP) is 3.31. The van der Waals surface area contributed by atoms with Crippen molar-refractivity contribution in [2.75, 3.05) is 7.11 Å². The zero-order valence-electron chi connectivity index (χ0n) is 17.2. The molecule has 150 valence electrons. The lowest BCUT2D eigenvalue weighted by Crippen LogP contribution is -2.60. The standard InChI is InChI=1S/C21H32N2O4/c1-7-21(8-2)15-11-14(18(22)24)10-9-13(15)12-16(26-6)17(21)23-19(25)27-20(3,4)5/h9-11,16-17H,7-8,12H2,1-6H3,(H2,22,24)(H,23,25). The SMILES string of the molecule is CCC1(CC)c2cc(C(N)=O)ccc2CC(OC)C1NC(=O)OC(C)(C)C. The van der Waals surface area contributed by atoms with E-state index in [1.807, 2.05) is 32.9 Å². The number of benzene rings is 1. The average Bonchev–Trinajstić information content (AvgIpc) is 2.59. The van der Waals surface area contributed by atoms with E-state index in [2.05, 4.69) is 19.2 Å². The molecule has 2 unspecified atom stereocenters. The summed E-state index contributed by atoms with van der Waals surface area (Å²) in [4.78, 5) is 24.3. The first-order chi connectivity index (χ1) is 12.6. The number of carbonyl (C=O) groups is 2. The molecule has 2 atom stereocenters. The molecule has 1 aliphatic carbocycles. The number of rotatable bonds is 5. The zero-order chi connectivity index (χ0) is 20.4. The molecule has 0 heterocycles. The smallest absolute Gasteiger partial charge is 0.407 e. The second-order valence-corrected chi connectivity index (χ2v) is 8.20. The average molecular weight is 376 g/mol. The van der Waals surface area contributed by atoms with Crippen molar-refractivity contribution in [3.05, 3.63) is 34.9 Å². The number of hydrogen-bond acceptors (Lipinski definition) is 4. The monoisotopic (exact) mass is 376 g/mol. The fourth-order valence-corrected chi connectivity index (χ4v) is 4.18. The van der Waals surface area contributed by atoms with Gasteiger partial charge in [0.15, 0.2) is 0 Å². The van der Waals surface area contributed by atoms with E-state index in [0.29, 0.717) is 12.0 Å². The van der Waals surface area contributed by atoms with Crippen LogP contribution < -0.4 is 11.1 Å². The number of nitrogens with one attached hydrogen (secondary N) is 1. The molecular formula is C21H32N2O4. The summed E-state index contributed by atoms with van der Waals surface area (Å²) in [5.41, 5.74) is 7.20. The van der Waals surface area contributed by atoms with Gasteiger partial charge in [0.1, 0.15) is 5.60 Å². The minimum atomic E-state index is -0.584. The lowest BCUT2D eigenvalue weighted by atomic mass is 9.62. The summed E-state index contributed by atoms with van der Waals surface area (Å²) >= 11 is 0. The van der Waals surface area contributed by atoms with E-state index in [1.54, 1.807) is 13.2 Å². The van der Waals surface area contributed by atoms with Crippen molar-refractivity contribution in [3.63, 3.8) is 0 Å². The van der Waals surface area contributed by atoms with Crippen LogP contribution in [-0.4, -0.2) is 36.9 Å². The summed E-state index contributed by atoms with van der Waals surface area (Å²) in [5.74, 6) is -0.454. The van der Waals surface area contributed by atoms with Gasteiger partial charge in [-0.3, -0.25) is 4.79 Å². The Morgan fingerprint density at radius 1 is 1.26 bits per heavy atom. The van der Waals surface area contributed by atoms with Gasteiger partial charge in [0.05, 0.1) is 12.1 Å². The number of nitrogens with two attached hydrogens (primary N) is 1. The van der Waals surface area contributed by atoms with Crippen LogP contribution >= 0.6 is 0 Å². The number of hydrogen-bond donors (Lipinski definition) is 2. The summed E-state index contributed by atoms with van der Waals surface area (Å²) in [6.07, 6.45) is 1.55. The van der Waals surface area contributed by atoms with Crippen molar-refractivity contribution in [2.45, 2.75) is 77.0 Å². The molecule has 0 aliphatic heterocycles. The van der Waals surface area contributed by atoms with Crippen molar-refractivity contribution < 1.29 is 19.1 Å². The van der Waals surface area contributed by atoms with Gasteiger partial charge >= 0.3 is 6.09 Å². The number of amides is 2. The van der Waals surface area contributed by atoms with Gasteiger partial charge in [-0.25, -0.2) is 4.79 Å². The minimum Gasteiger partial charge on any atom is -0.444 e. The molecule has 6 nitrogen and oxygen atoms in total. The van der Waals surface area contributed by atoms with Gasteiger partial charge in [-0.15, -0.1) is 0 Å². The van der Waals surface area contributed by atoms with Gasteiger partial charge < -0.3 is 20.5 Å². The highest BCUT2D eigenvalue weighted by atomic mass is 16.6. The van der Waals surface area contributed by atoms with Crippen molar-refractivity contribution in [2.24, 2.45) is 5.73 Å². The Morgan fingerprint density at radius 3 is 2.37 bits per heavy atom. The highest BCUT2D eigenvalue weighted by molar-refractivity contribution is 5.93. The van der Waals surface area contributed by atoms with Crippen LogP contribution in [-0.2, 0) is 21.3 Å². The molecule has 0 spiro atoms. The Morgan fingerprint density at radius 2 is 1.89 bits per heavy atom. The maximum absolute atomic E-state index is 12.5. The maximum atomic E-state index is 12.5. The molecule has 0 aromatic heterocycles. The Kier molecular flexibility index (Phi) is 6.20. The van der Waals surface area contributed by atoms with Crippen LogP contribution in [0.15, 0.2) is 18.2 Å². The fourth-order valence-electron chi connectivity index (χ4n) is 4.18. The van der Waals surface area contributed by atoms with E-state index in [1.165, 1.54) is 0 Å². The molecule has 3 N–H and O–H groups in total. The third-order valence-corrected chi connectivity index (χ3v) is 5.56. The third-order valence-electron chi connectivity index (χ3n) is 5.56. The van der Waals surface area contributed by atoms with E-state index in [4.69, 9.17) is 15.2 Å². The van der Waals surface area contributed by atoms with Gasteiger partial charge in [0.2, 0.25) is 5.91 Å². The van der Waals surface area contributed by atoms with Gasteiger partial charge in [-0.2, -0.15) is 0 Å². The van der Waals surface area contributed by atoms with Crippen molar-refractivity contribution >= 4 is 12.0 Å². The molecule has 2 amide bonds. The number of ether oxygens (including phenoxy) is 2. The maximum Gasteiger partial charge on any atom is 0.407 e. The van der Waals surface area contributed by atoms with Crippen molar-refractivity contribution in [3.8, 4) is 0 Å². The van der Waals surface area contributed by atoms with E-state index in [-0.39, 0.29) is 17.6 Å². The Balaban J connectivity index is 2.52. The highest BCUT2D eigenvalue weighted by Crippen LogP contribution is 2.44. The minimum absolute atomic E-state index is 0.190. The van der Waals surface area contributed by atoms with Gasteiger partial charge in [-0.1, -0.05) is 19.9 Å². The van der Waals surface area contributed by atoms with Crippen LogP contribution in [0, 0.1) is 0 Å². The molecule has 1 aromatic carbocycles. The van der Waals surface area contributed by atoms with E-state index < -0.39 is 17.6 Å². The molecule has 0 radical (unpaired) electrons. The lowest BCUT2D eigenvalue weighted by molar-refractivity contribution is 0.00828. The first-order valence-corrected chi connectivity index (χ1v) is 9.53. The Bertz CT molecular complexity index is 705. The summed E-state index contributed by atoms with van der Waals surface area (Å²) in [6.45, 7) is 9.69. The number of alkyl carbamates (subject to hydrolysis) is 1. The van der Waals surface area contributed by atoms with Crippen molar-refractivity contribution in [1.82, 2.24) is 5.32 Å². The van der Waals surface area contributed by atoms with E-state index in [9.17, 15) is 9.59 Å². The number of methoxy groups -OCH3 is 1. The molecule has 0 fully saturated rings. The molecule has 1 aromatic rings. The highest BCUT2D eigenvalue weighted by Gasteiger charge is 2.48. The van der Waals surface area contributed by atoms with Gasteiger partial charge in [-0.05, 0) is 56.9 Å². The van der Waals surface area contributed by atoms with Crippen LogP contribution in [0.4, 0.5) is 4.79 Å². The second-order valence-electron chi connectivity index (χ2n) is 8.20. The van der Waals surface area contributed by atoms with E-state index >= 15 is 0 Å². The number of primary amides is 1. The fraction of sp³-hybridized carbons (Fsp3) is 0.619. The second kappa shape index (κ2) is 7.89. The topological polar surface area (TPSA) is 90.7 Å². The Labute approximate surface area is 161 Å². The normalized spacial score (nSPS) is 21.3. The van der Waals surface area contributed by atoms with E-state index in [0.717, 1.165) is 24.0 Å². The Hall–Kier alpha value is -2.08. The quantitative estimate of drug-likeness (QED) is 0.825. The summed E-state index contributed by atoms with van der Waals surface area (Å²) in [7, 11) is 1.66.